The van der Waals surface area contributed by atoms with Gasteiger partial charge in [-0.15, -0.1) is 0 Å². The molecule has 0 spiro atoms. The fourth-order valence-electron chi connectivity index (χ4n) is 2.12. The first-order valence-electron chi connectivity index (χ1n) is 6.88. The van der Waals surface area contributed by atoms with Crippen LogP contribution in [0.25, 0.3) is 6.08 Å². The third kappa shape index (κ3) is 4.27. The van der Waals surface area contributed by atoms with Crippen LogP contribution in [0.2, 0.25) is 0 Å². The summed E-state index contributed by atoms with van der Waals surface area (Å²) in [4.78, 5) is 10.3. The number of benzene rings is 1. The molecule has 0 amide bonds. The van der Waals surface area contributed by atoms with Crippen LogP contribution < -0.4 is 9.84 Å². The van der Waals surface area contributed by atoms with Crippen LogP contribution in [-0.2, 0) is 9.53 Å². The number of hydrogen-bond donors (Lipinski definition) is 4. The molecule has 0 saturated carbocycles. The summed E-state index contributed by atoms with van der Waals surface area (Å²) in [7, 11) is 0. The lowest BCUT2D eigenvalue weighted by molar-refractivity contribution is -0.297. The van der Waals surface area contributed by atoms with E-state index in [4.69, 9.17) is 14.6 Å². The summed E-state index contributed by atoms with van der Waals surface area (Å²) >= 11 is 0. The number of carboxylic acids is 1. The van der Waals surface area contributed by atoms with Crippen molar-refractivity contribution in [3.05, 3.63) is 35.9 Å². The van der Waals surface area contributed by atoms with Gasteiger partial charge in [-0.1, -0.05) is 18.2 Å². The maximum atomic E-state index is 10.3. The van der Waals surface area contributed by atoms with Gasteiger partial charge >= 0.3 is 0 Å². The molecule has 4 N–H and O–H groups in total. The normalized spacial score (nSPS) is 31.2. The molecule has 8 nitrogen and oxygen atoms in total. The van der Waals surface area contributed by atoms with Crippen LogP contribution in [-0.4, -0.2) is 63.7 Å². The van der Waals surface area contributed by atoms with E-state index in [-0.39, 0.29) is 0 Å². The zero-order chi connectivity index (χ0) is 17.0. The van der Waals surface area contributed by atoms with Gasteiger partial charge in [0.2, 0.25) is 6.29 Å². The van der Waals surface area contributed by atoms with E-state index in [9.17, 15) is 25.2 Å². The molecule has 1 fully saturated rings. The molecule has 0 aliphatic carbocycles. The number of aliphatic hydroxyl groups excluding tert-OH is 4. The summed E-state index contributed by atoms with van der Waals surface area (Å²) in [6.07, 6.45) is -4.56. The van der Waals surface area contributed by atoms with Crippen molar-refractivity contribution in [2.24, 2.45) is 0 Å². The van der Waals surface area contributed by atoms with Gasteiger partial charge in [0, 0.05) is 0 Å². The first-order chi connectivity index (χ1) is 10.9. The molecule has 5 atom stereocenters. The lowest BCUT2D eigenvalue weighted by Crippen LogP contribution is -2.60. The molecule has 1 aliphatic heterocycles. The highest BCUT2D eigenvalue weighted by molar-refractivity contribution is 5.83. The summed E-state index contributed by atoms with van der Waals surface area (Å²) in [6.45, 7) is -0.544. The maximum absolute atomic E-state index is 10.3. The Labute approximate surface area is 131 Å². The molecule has 1 saturated heterocycles. The summed E-state index contributed by atoms with van der Waals surface area (Å²) in [6, 6.07) is 6.16. The van der Waals surface area contributed by atoms with Crippen molar-refractivity contribution in [3.63, 3.8) is 0 Å². The van der Waals surface area contributed by atoms with E-state index in [1.807, 2.05) is 0 Å². The van der Waals surface area contributed by atoms with Crippen molar-refractivity contribution < 1.29 is 39.8 Å². The van der Waals surface area contributed by atoms with Crippen LogP contribution in [0, 0.1) is 0 Å². The van der Waals surface area contributed by atoms with Gasteiger partial charge in [0.15, 0.2) is 0 Å². The number of rotatable bonds is 5. The van der Waals surface area contributed by atoms with Crippen LogP contribution in [0.4, 0.5) is 0 Å². The van der Waals surface area contributed by atoms with E-state index in [0.717, 1.165) is 6.08 Å². The lowest BCUT2D eigenvalue weighted by atomic mass is 9.99. The molecule has 1 aliphatic rings. The SMILES string of the molecule is O=C([O-])/C=C/c1ccc(O[C@@H]2O[C@H](CO)[C@@H](O)[C@H](O)[C@H]2O)cc1. The predicted molar refractivity (Wildman–Crippen MR) is 74.9 cm³/mol. The zero-order valence-corrected chi connectivity index (χ0v) is 12.0. The van der Waals surface area contributed by atoms with E-state index < -0.39 is 43.3 Å². The van der Waals surface area contributed by atoms with Gasteiger partial charge in [0.05, 0.1) is 12.6 Å². The van der Waals surface area contributed by atoms with Gasteiger partial charge in [0.1, 0.15) is 30.2 Å². The summed E-state index contributed by atoms with van der Waals surface area (Å²) in [5.41, 5.74) is 0.593. The number of aliphatic carboxylic acids is 1. The van der Waals surface area contributed by atoms with E-state index in [2.05, 4.69) is 0 Å². The quantitative estimate of drug-likeness (QED) is 0.440. The van der Waals surface area contributed by atoms with Gasteiger partial charge in [-0.3, -0.25) is 0 Å². The molecule has 23 heavy (non-hydrogen) atoms. The van der Waals surface area contributed by atoms with Crippen LogP contribution in [0.3, 0.4) is 0 Å². The minimum Gasteiger partial charge on any atom is -0.545 e. The first-order valence-corrected chi connectivity index (χ1v) is 6.88. The Morgan fingerprint density at radius 3 is 2.39 bits per heavy atom. The standard InChI is InChI=1S/C15H18O8/c16-7-10-12(19)13(20)14(21)15(23-10)22-9-4-1-8(2-5-9)3-6-11(17)18/h1-6,10,12-16,19-21H,7H2,(H,17,18)/p-1/b6-3+/t10-,12-,13+,14-,15-/m1/s1. The molecule has 0 unspecified atom stereocenters. The average molecular weight is 325 g/mol. The Morgan fingerprint density at radius 1 is 1.17 bits per heavy atom. The molecule has 8 heteroatoms. The minimum atomic E-state index is -1.52. The van der Waals surface area contributed by atoms with Crippen molar-refractivity contribution in [1.82, 2.24) is 0 Å². The number of carboxylic acid groups (broad SMARTS) is 1. The smallest absolute Gasteiger partial charge is 0.229 e. The molecular weight excluding hydrogens is 308 g/mol. The average Bonchev–Trinajstić information content (AvgIpc) is 2.54. The highest BCUT2D eigenvalue weighted by atomic mass is 16.7. The Morgan fingerprint density at radius 2 is 1.83 bits per heavy atom. The van der Waals surface area contributed by atoms with E-state index in [0.29, 0.717) is 11.3 Å². The largest absolute Gasteiger partial charge is 0.545 e. The Balaban J connectivity index is 2.04. The van der Waals surface area contributed by atoms with Gasteiger partial charge in [0.25, 0.3) is 0 Å². The molecule has 1 aromatic carbocycles. The fourth-order valence-corrected chi connectivity index (χ4v) is 2.12. The number of aliphatic hydroxyl groups is 4. The van der Waals surface area contributed by atoms with Crippen LogP contribution >= 0.6 is 0 Å². The Bertz CT molecular complexity index is 553. The van der Waals surface area contributed by atoms with E-state index >= 15 is 0 Å². The highest BCUT2D eigenvalue weighted by Crippen LogP contribution is 2.24. The second-order valence-corrected chi connectivity index (χ2v) is 5.04. The molecule has 126 valence electrons. The van der Waals surface area contributed by atoms with E-state index in [1.54, 1.807) is 12.1 Å². The highest BCUT2D eigenvalue weighted by Gasteiger charge is 2.44. The van der Waals surface area contributed by atoms with Gasteiger partial charge in [-0.2, -0.15) is 0 Å². The second-order valence-electron chi connectivity index (χ2n) is 5.04. The molecule has 1 aromatic rings. The molecule has 2 rings (SSSR count). The number of hydrogen-bond acceptors (Lipinski definition) is 8. The fraction of sp³-hybridized carbons (Fsp3) is 0.400. The van der Waals surface area contributed by atoms with Crippen molar-refractivity contribution in [2.75, 3.05) is 6.61 Å². The maximum Gasteiger partial charge on any atom is 0.229 e. The summed E-state index contributed by atoms with van der Waals surface area (Å²) in [5, 5.41) is 48.6. The molecule has 1 heterocycles. The predicted octanol–water partition coefficient (Wildman–Crippen LogP) is -2.37. The molecule has 0 radical (unpaired) electrons. The minimum absolute atomic E-state index is 0.292. The van der Waals surface area contributed by atoms with E-state index in [1.165, 1.54) is 18.2 Å². The van der Waals surface area contributed by atoms with Crippen LogP contribution in [0.5, 0.6) is 5.75 Å². The van der Waals surface area contributed by atoms with Crippen LogP contribution in [0.15, 0.2) is 30.3 Å². The first kappa shape index (κ1) is 17.4. The van der Waals surface area contributed by atoms with Gasteiger partial charge in [-0.25, -0.2) is 0 Å². The Hall–Kier alpha value is -1.97. The van der Waals surface area contributed by atoms with Crippen molar-refractivity contribution in [3.8, 4) is 5.75 Å². The lowest BCUT2D eigenvalue weighted by Gasteiger charge is -2.39. The van der Waals surface area contributed by atoms with Crippen molar-refractivity contribution in [2.45, 2.75) is 30.7 Å². The number of ether oxygens (including phenoxy) is 2. The third-order valence-corrected chi connectivity index (χ3v) is 3.39. The topological polar surface area (TPSA) is 140 Å². The van der Waals surface area contributed by atoms with Gasteiger partial charge in [-0.05, 0) is 23.8 Å². The third-order valence-electron chi connectivity index (χ3n) is 3.39. The second kappa shape index (κ2) is 7.53. The van der Waals surface area contributed by atoms with Crippen LogP contribution in [0.1, 0.15) is 5.56 Å². The molecular formula is C15H17O8-. The van der Waals surface area contributed by atoms with Crippen molar-refractivity contribution >= 4 is 12.0 Å². The summed E-state index contributed by atoms with van der Waals surface area (Å²) in [5.74, 6) is -1.02. The van der Waals surface area contributed by atoms with Crippen molar-refractivity contribution in [1.29, 1.82) is 0 Å². The number of carbonyl (C=O) groups excluding carboxylic acids is 1. The monoisotopic (exact) mass is 325 g/mol. The number of carbonyl (C=O) groups is 1. The zero-order valence-electron chi connectivity index (χ0n) is 12.0. The summed E-state index contributed by atoms with van der Waals surface area (Å²) < 4.78 is 10.6. The Kier molecular flexibility index (Phi) is 5.69. The van der Waals surface area contributed by atoms with Gasteiger partial charge < -0.3 is 39.8 Å². The molecule has 0 bridgehead atoms. The molecule has 0 aromatic heterocycles.